The van der Waals surface area contributed by atoms with Crippen molar-refractivity contribution in [2.24, 2.45) is 5.92 Å². The first-order valence-corrected chi connectivity index (χ1v) is 6.94. The largest absolute Gasteiger partial charge is 0.467 e. The van der Waals surface area contributed by atoms with Gasteiger partial charge in [-0.1, -0.05) is 18.2 Å². The van der Waals surface area contributed by atoms with Crippen molar-refractivity contribution in [3.63, 3.8) is 0 Å². The van der Waals surface area contributed by atoms with Gasteiger partial charge in [0.2, 0.25) is 0 Å². The first-order valence-electron chi connectivity index (χ1n) is 6.94. The second-order valence-corrected chi connectivity index (χ2v) is 5.32. The van der Waals surface area contributed by atoms with E-state index < -0.39 is 0 Å². The van der Waals surface area contributed by atoms with Crippen molar-refractivity contribution in [3.05, 3.63) is 54.0 Å². The summed E-state index contributed by atoms with van der Waals surface area (Å²) in [5, 5.41) is 3.62. The standard InChI is InChI=1S/C16H17NO2/c1-2-7-13-11(5-1)16-12(6-3-10-19-16)15(17-13)14-8-4-9-18-14/h1-2,4-5,7-9,12,15-17H,3,6,10H2/t12-,15-,16+/m0/s1. The number of ether oxygens (including phenoxy) is 1. The fourth-order valence-corrected chi connectivity index (χ4v) is 3.37. The van der Waals surface area contributed by atoms with E-state index >= 15 is 0 Å². The summed E-state index contributed by atoms with van der Waals surface area (Å²) < 4.78 is 11.7. The van der Waals surface area contributed by atoms with Crippen LogP contribution >= 0.6 is 0 Å². The van der Waals surface area contributed by atoms with Crippen LogP contribution in [0.5, 0.6) is 0 Å². The molecule has 0 saturated carbocycles. The van der Waals surface area contributed by atoms with Crippen LogP contribution in [-0.2, 0) is 4.74 Å². The maximum absolute atomic E-state index is 6.05. The van der Waals surface area contributed by atoms with Crippen LogP contribution < -0.4 is 5.32 Å². The minimum atomic E-state index is 0.196. The first-order chi connectivity index (χ1) is 9.43. The van der Waals surface area contributed by atoms with Gasteiger partial charge in [-0.05, 0) is 31.0 Å². The van der Waals surface area contributed by atoms with Gasteiger partial charge in [-0.2, -0.15) is 0 Å². The van der Waals surface area contributed by atoms with Gasteiger partial charge in [0.05, 0.1) is 18.4 Å². The Morgan fingerprint density at radius 1 is 1.11 bits per heavy atom. The second kappa shape index (κ2) is 4.42. The molecule has 0 amide bonds. The van der Waals surface area contributed by atoms with Gasteiger partial charge in [0.25, 0.3) is 0 Å². The van der Waals surface area contributed by atoms with Crippen LogP contribution in [0.25, 0.3) is 0 Å². The van der Waals surface area contributed by atoms with Crippen molar-refractivity contribution in [2.45, 2.75) is 25.0 Å². The molecule has 0 radical (unpaired) electrons. The molecular formula is C16H17NO2. The van der Waals surface area contributed by atoms with Gasteiger partial charge in [0, 0.05) is 23.8 Å². The number of para-hydroxylation sites is 1. The number of nitrogens with one attached hydrogen (secondary N) is 1. The van der Waals surface area contributed by atoms with Crippen LogP contribution in [0, 0.1) is 5.92 Å². The van der Waals surface area contributed by atoms with E-state index in [0.717, 1.165) is 18.8 Å². The van der Waals surface area contributed by atoms with Crippen molar-refractivity contribution < 1.29 is 9.15 Å². The Balaban J connectivity index is 1.79. The quantitative estimate of drug-likeness (QED) is 0.838. The molecule has 1 saturated heterocycles. The summed E-state index contributed by atoms with van der Waals surface area (Å²) in [6, 6.07) is 12.7. The van der Waals surface area contributed by atoms with Crippen LogP contribution in [0.3, 0.4) is 0 Å². The Labute approximate surface area is 112 Å². The summed E-state index contributed by atoms with van der Waals surface area (Å²) in [5.74, 6) is 1.46. The average Bonchev–Trinajstić information content (AvgIpc) is 3.00. The Hall–Kier alpha value is -1.74. The fraction of sp³-hybridized carbons (Fsp3) is 0.375. The highest BCUT2D eigenvalue weighted by Crippen LogP contribution is 2.48. The molecule has 2 aliphatic heterocycles. The second-order valence-electron chi connectivity index (χ2n) is 5.32. The molecule has 1 aromatic heterocycles. The number of hydrogen-bond donors (Lipinski definition) is 1. The molecule has 2 aliphatic rings. The number of benzene rings is 1. The van der Waals surface area contributed by atoms with Gasteiger partial charge in [0.15, 0.2) is 0 Å². The maximum Gasteiger partial charge on any atom is 0.126 e. The van der Waals surface area contributed by atoms with Crippen LogP contribution in [0.2, 0.25) is 0 Å². The third-order valence-electron chi connectivity index (χ3n) is 4.22. The lowest BCUT2D eigenvalue weighted by Crippen LogP contribution is -2.35. The van der Waals surface area contributed by atoms with E-state index in [1.807, 2.05) is 6.07 Å². The van der Waals surface area contributed by atoms with Gasteiger partial charge < -0.3 is 14.5 Å². The van der Waals surface area contributed by atoms with Crippen molar-refractivity contribution in [2.75, 3.05) is 11.9 Å². The molecule has 98 valence electrons. The SMILES string of the molecule is c1coc([C@H]2Nc3ccccc3[C@H]3OCCC[C@@H]23)c1. The Morgan fingerprint density at radius 3 is 2.95 bits per heavy atom. The highest BCUT2D eigenvalue weighted by atomic mass is 16.5. The number of anilines is 1. The summed E-state index contributed by atoms with van der Waals surface area (Å²) in [5.41, 5.74) is 2.46. The van der Waals surface area contributed by atoms with Gasteiger partial charge in [-0.15, -0.1) is 0 Å². The monoisotopic (exact) mass is 255 g/mol. The summed E-state index contributed by atoms with van der Waals surface area (Å²) in [4.78, 5) is 0. The topological polar surface area (TPSA) is 34.4 Å². The number of fused-ring (bicyclic) bond motifs is 3. The lowest BCUT2D eigenvalue weighted by Gasteiger charge is -2.42. The van der Waals surface area contributed by atoms with E-state index in [4.69, 9.17) is 9.15 Å². The highest BCUT2D eigenvalue weighted by molar-refractivity contribution is 5.56. The third kappa shape index (κ3) is 1.77. The van der Waals surface area contributed by atoms with Crippen LogP contribution in [0.1, 0.15) is 36.3 Å². The lowest BCUT2D eigenvalue weighted by molar-refractivity contribution is -0.0401. The molecule has 0 bridgehead atoms. The van der Waals surface area contributed by atoms with Crippen LogP contribution in [-0.4, -0.2) is 6.61 Å². The molecule has 1 N–H and O–H groups in total. The zero-order chi connectivity index (χ0) is 12.7. The van der Waals surface area contributed by atoms with Gasteiger partial charge in [-0.25, -0.2) is 0 Å². The van der Waals surface area contributed by atoms with Crippen LogP contribution in [0.4, 0.5) is 5.69 Å². The molecular weight excluding hydrogens is 238 g/mol. The van der Waals surface area contributed by atoms with Crippen molar-refractivity contribution in [3.8, 4) is 0 Å². The smallest absolute Gasteiger partial charge is 0.126 e. The van der Waals surface area contributed by atoms with E-state index in [2.05, 4.69) is 35.6 Å². The average molecular weight is 255 g/mol. The fourth-order valence-electron chi connectivity index (χ4n) is 3.37. The molecule has 1 aromatic carbocycles. The molecule has 3 heteroatoms. The van der Waals surface area contributed by atoms with E-state index in [-0.39, 0.29) is 12.1 Å². The highest BCUT2D eigenvalue weighted by Gasteiger charge is 2.40. The van der Waals surface area contributed by atoms with E-state index in [9.17, 15) is 0 Å². The number of hydrogen-bond acceptors (Lipinski definition) is 3. The predicted molar refractivity (Wildman–Crippen MR) is 72.9 cm³/mol. The summed E-state index contributed by atoms with van der Waals surface area (Å²) >= 11 is 0. The maximum atomic E-state index is 6.05. The van der Waals surface area contributed by atoms with Crippen molar-refractivity contribution in [1.29, 1.82) is 0 Å². The number of rotatable bonds is 1. The van der Waals surface area contributed by atoms with E-state index in [1.165, 1.54) is 17.7 Å². The molecule has 3 heterocycles. The molecule has 0 aliphatic carbocycles. The van der Waals surface area contributed by atoms with Crippen molar-refractivity contribution in [1.82, 2.24) is 0 Å². The first kappa shape index (κ1) is 11.1. The van der Waals surface area contributed by atoms with Gasteiger partial charge in [0.1, 0.15) is 5.76 Å². The summed E-state index contributed by atoms with van der Waals surface area (Å²) in [6.45, 7) is 0.861. The lowest BCUT2D eigenvalue weighted by atomic mass is 9.79. The number of furan rings is 1. The van der Waals surface area contributed by atoms with E-state index in [0.29, 0.717) is 5.92 Å². The van der Waals surface area contributed by atoms with Gasteiger partial charge in [-0.3, -0.25) is 0 Å². The molecule has 3 atom stereocenters. The molecule has 19 heavy (non-hydrogen) atoms. The van der Waals surface area contributed by atoms with Crippen LogP contribution in [0.15, 0.2) is 47.1 Å². The normalized spacial score (nSPS) is 29.2. The zero-order valence-corrected chi connectivity index (χ0v) is 10.7. The minimum Gasteiger partial charge on any atom is -0.467 e. The third-order valence-corrected chi connectivity index (χ3v) is 4.22. The summed E-state index contributed by atoms with van der Waals surface area (Å²) in [7, 11) is 0. The van der Waals surface area contributed by atoms with E-state index in [1.54, 1.807) is 6.26 Å². The summed E-state index contributed by atoms with van der Waals surface area (Å²) in [6.07, 6.45) is 4.25. The molecule has 3 nitrogen and oxygen atoms in total. The minimum absolute atomic E-state index is 0.196. The molecule has 0 unspecified atom stereocenters. The molecule has 2 aromatic rings. The molecule has 4 rings (SSSR count). The predicted octanol–water partition coefficient (Wildman–Crippen LogP) is 3.91. The Kier molecular flexibility index (Phi) is 2.59. The zero-order valence-electron chi connectivity index (χ0n) is 10.7. The Bertz CT molecular complexity index is 564. The van der Waals surface area contributed by atoms with Gasteiger partial charge >= 0.3 is 0 Å². The molecule has 0 spiro atoms. The van der Waals surface area contributed by atoms with Crippen molar-refractivity contribution >= 4 is 5.69 Å². The Morgan fingerprint density at radius 2 is 2.05 bits per heavy atom. The molecule has 1 fully saturated rings.